The quantitative estimate of drug-likeness (QED) is 0.0645. The highest BCUT2D eigenvalue weighted by atomic mass is 32.1. The number of ether oxygens (including phenoxy) is 2. The normalized spacial score (nSPS) is 13.2. The Kier molecular flexibility index (Phi) is 11.7. The lowest BCUT2D eigenvalue weighted by atomic mass is 9.95. The second-order valence-electron chi connectivity index (χ2n) is 11.0. The van der Waals surface area contributed by atoms with Gasteiger partial charge in [-0.1, -0.05) is 38.5 Å². The van der Waals surface area contributed by atoms with Gasteiger partial charge in [0, 0.05) is 20.7 Å². The molecule has 0 aliphatic carbocycles. The molecule has 0 atom stereocenters. The Morgan fingerprint density at radius 2 is 1.43 bits per heavy atom. The van der Waals surface area contributed by atoms with E-state index in [-0.39, 0.29) is 21.8 Å². The molecule has 0 aliphatic heterocycles. The number of hydrogen-bond acceptors (Lipinski definition) is 4. The minimum Gasteiger partial charge on any atom is -0.493 e. The van der Waals surface area contributed by atoms with E-state index in [4.69, 9.17) is 4.74 Å². The van der Waals surface area contributed by atoms with E-state index < -0.39 is 67.5 Å². The summed E-state index contributed by atoms with van der Waals surface area (Å²) in [6.07, 6.45) is -5.95. The fraction of sp³-hybridized carbons (Fsp3) is 0.469. The maximum absolute atomic E-state index is 14.3. The molecule has 1 aromatic heterocycles. The van der Waals surface area contributed by atoms with Gasteiger partial charge in [0.1, 0.15) is 5.75 Å². The molecule has 0 radical (unpaired) electrons. The summed E-state index contributed by atoms with van der Waals surface area (Å²) in [4.78, 5) is 11.5. The molecular weight excluding hydrogens is 673 g/mol. The van der Waals surface area contributed by atoms with Gasteiger partial charge < -0.3 is 9.47 Å². The van der Waals surface area contributed by atoms with Crippen LogP contribution < -0.4 is 4.74 Å². The molecule has 15 heteroatoms. The number of thiophene rings is 1. The zero-order chi connectivity index (χ0) is 35.4. The van der Waals surface area contributed by atoms with Crippen LogP contribution in [0.3, 0.4) is 0 Å². The molecule has 3 rings (SSSR count). The minimum atomic E-state index is -6.55. The lowest BCUT2D eigenvalue weighted by Gasteiger charge is -2.36. The maximum atomic E-state index is 14.3. The third kappa shape index (κ3) is 8.57. The number of unbranched alkanes of at least 4 members (excludes halogenated alkanes) is 2. The van der Waals surface area contributed by atoms with Crippen LogP contribution in [0.1, 0.15) is 57.1 Å². The van der Waals surface area contributed by atoms with Crippen molar-refractivity contribution >= 4 is 27.4 Å². The monoisotopic (exact) mass is 704 g/mol. The van der Waals surface area contributed by atoms with Crippen molar-refractivity contribution in [3.05, 3.63) is 65.7 Å². The van der Waals surface area contributed by atoms with E-state index >= 15 is 0 Å². The number of halogens is 11. The lowest BCUT2D eigenvalue weighted by molar-refractivity contribution is -0.368. The highest BCUT2D eigenvalue weighted by molar-refractivity contribution is 7.22. The third-order valence-corrected chi connectivity index (χ3v) is 8.34. The van der Waals surface area contributed by atoms with Crippen LogP contribution in [-0.4, -0.2) is 42.9 Å². The number of carbonyl (C=O) groups is 1. The van der Waals surface area contributed by atoms with Crippen molar-refractivity contribution in [2.75, 3.05) is 13.2 Å². The first-order valence-electron chi connectivity index (χ1n) is 14.4. The van der Waals surface area contributed by atoms with Crippen molar-refractivity contribution in [2.24, 2.45) is 0 Å². The van der Waals surface area contributed by atoms with E-state index in [0.717, 1.165) is 43.6 Å². The summed E-state index contributed by atoms with van der Waals surface area (Å²) in [7, 11) is 0. The molecule has 0 saturated heterocycles. The average molecular weight is 705 g/mol. The SMILES string of the molecule is C=C(C)C(=O)OCCC(F)(F)C(F)(F)C(F)(F)C(F)(F)CCOc1ccc2cc(-c3ccc(CCCCC)cc3C(F)(F)F)sc2c1. The van der Waals surface area contributed by atoms with E-state index in [2.05, 4.69) is 11.3 Å². The fourth-order valence-electron chi connectivity index (χ4n) is 4.47. The maximum Gasteiger partial charge on any atom is 0.417 e. The van der Waals surface area contributed by atoms with Gasteiger partial charge in [-0.2, -0.15) is 48.3 Å². The first kappa shape index (κ1) is 38.1. The van der Waals surface area contributed by atoms with E-state index in [1.54, 1.807) is 6.07 Å². The van der Waals surface area contributed by atoms with Gasteiger partial charge in [0.05, 0.1) is 31.6 Å². The molecule has 260 valence electrons. The molecule has 0 aliphatic rings. The molecular formula is C32H31F11O3S. The van der Waals surface area contributed by atoms with Gasteiger partial charge in [0.2, 0.25) is 0 Å². The molecule has 2 aromatic carbocycles. The number of carbonyl (C=O) groups excluding carboxylic acids is 1. The number of hydrogen-bond donors (Lipinski definition) is 0. The van der Waals surface area contributed by atoms with E-state index in [0.29, 0.717) is 22.1 Å². The van der Waals surface area contributed by atoms with E-state index in [9.17, 15) is 53.1 Å². The number of fused-ring (bicyclic) bond motifs is 1. The van der Waals surface area contributed by atoms with Crippen LogP contribution in [0.15, 0.2) is 54.6 Å². The molecule has 1 heterocycles. The van der Waals surface area contributed by atoms with Gasteiger partial charge in [0.25, 0.3) is 0 Å². The van der Waals surface area contributed by atoms with Crippen LogP contribution in [0.2, 0.25) is 0 Å². The summed E-state index contributed by atoms with van der Waals surface area (Å²) in [5.41, 5.74) is -0.699. The molecule has 0 amide bonds. The zero-order valence-corrected chi connectivity index (χ0v) is 26.0. The van der Waals surface area contributed by atoms with Crippen LogP contribution in [0.5, 0.6) is 5.75 Å². The van der Waals surface area contributed by atoms with Gasteiger partial charge in [-0.05, 0) is 61.0 Å². The molecule has 0 spiro atoms. The van der Waals surface area contributed by atoms with Crippen LogP contribution in [0.25, 0.3) is 20.5 Å². The molecule has 0 unspecified atom stereocenters. The molecule has 0 N–H and O–H groups in total. The predicted molar refractivity (Wildman–Crippen MR) is 156 cm³/mol. The summed E-state index contributed by atoms with van der Waals surface area (Å²) in [5, 5.41) is 0.449. The zero-order valence-electron chi connectivity index (χ0n) is 25.2. The van der Waals surface area contributed by atoms with Crippen molar-refractivity contribution in [3.63, 3.8) is 0 Å². The highest BCUT2D eigenvalue weighted by Crippen LogP contribution is 2.54. The van der Waals surface area contributed by atoms with Gasteiger partial charge in [0.15, 0.2) is 0 Å². The number of alkyl halides is 11. The van der Waals surface area contributed by atoms with Crippen molar-refractivity contribution in [1.82, 2.24) is 0 Å². The number of rotatable bonds is 16. The Balaban J connectivity index is 1.73. The highest BCUT2D eigenvalue weighted by Gasteiger charge is 2.79. The average Bonchev–Trinajstić information content (AvgIpc) is 3.39. The largest absolute Gasteiger partial charge is 0.493 e. The summed E-state index contributed by atoms with van der Waals surface area (Å²) in [5.74, 6) is -25.9. The molecule has 0 fully saturated rings. The summed E-state index contributed by atoms with van der Waals surface area (Å²) in [6, 6.07) is 9.35. The Labute approximate surface area is 267 Å². The first-order valence-corrected chi connectivity index (χ1v) is 15.2. The number of esters is 1. The Morgan fingerprint density at radius 1 is 0.809 bits per heavy atom. The second kappa shape index (κ2) is 14.4. The Morgan fingerprint density at radius 3 is 2.00 bits per heavy atom. The van der Waals surface area contributed by atoms with Crippen LogP contribution in [0, 0.1) is 0 Å². The van der Waals surface area contributed by atoms with Crippen LogP contribution in [0.4, 0.5) is 48.3 Å². The van der Waals surface area contributed by atoms with Crippen LogP contribution >= 0.6 is 11.3 Å². The molecule has 0 bridgehead atoms. The standard InChI is InChI=1S/C32H31F11O3S/c1-4-5-6-7-20-8-11-23(24(16-20)30(37,38)39)26-17-21-9-10-22(18-25(21)47-26)45-14-12-28(33,34)31(40,41)32(42,43)29(35,36)13-15-46-27(44)19(2)3/h8-11,16-18H,2,4-7,12-15H2,1,3H3. The Bertz CT molecular complexity index is 1560. The second-order valence-corrected chi connectivity index (χ2v) is 12.1. The minimum absolute atomic E-state index is 0.0889. The third-order valence-electron chi connectivity index (χ3n) is 7.21. The van der Waals surface area contributed by atoms with Crippen molar-refractivity contribution in [1.29, 1.82) is 0 Å². The predicted octanol–water partition coefficient (Wildman–Crippen LogP) is 11.1. The van der Waals surface area contributed by atoms with E-state index in [1.165, 1.54) is 30.3 Å². The smallest absolute Gasteiger partial charge is 0.417 e. The number of benzene rings is 2. The van der Waals surface area contributed by atoms with Gasteiger partial charge >= 0.3 is 35.8 Å². The van der Waals surface area contributed by atoms with Crippen molar-refractivity contribution in [3.8, 4) is 16.2 Å². The molecule has 3 nitrogen and oxygen atoms in total. The molecule has 3 aromatic rings. The topological polar surface area (TPSA) is 35.5 Å². The van der Waals surface area contributed by atoms with Crippen molar-refractivity contribution in [2.45, 2.75) is 82.2 Å². The van der Waals surface area contributed by atoms with Gasteiger partial charge in [-0.15, -0.1) is 11.3 Å². The molecule has 0 saturated carbocycles. The van der Waals surface area contributed by atoms with E-state index in [1.807, 2.05) is 6.92 Å². The van der Waals surface area contributed by atoms with Crippen molar-refractivity contribution < 1.29 is 62.6 Å². The summed E-state index contributed by atoms with van der Waals surface area (Å²) in [6.45, 7) is 3.42. The van der Waals surface area contributed by atoms with Gasteiger partial charge in [-0.3, -0.25) is 0 Å². The fourth-order valence-corrected chi connectivity index (χ4v) is 5.61. The lowest BCUT2D eigenvalue weighted by Crippen LogP contribution is -2.62. The summed E-state index contributed by atoms with van der Waals surface area (Å²) < 4.78 is 165. The van der Waals surface area contributed by atoms with Crippen LogP contribution in [-0.2, 0) is 22.1 Å². The number of aryl methyl sites for hydroxylation is 1. The molecule has 47 heavy (non-hydrogen) atoms. The summed E-state index contributed by atoms with van der Waals surface area (Å²) >= 11 is 0.914. The first-order chi connectivity index (χ1) is 21.6. The Hall–Kier alpha value is -3.36. The van der Waals surface area contributed by atoms with Gasteiger partial charge in [-0.25, -0.2) is 4.79 Å².